The van der Waals surface area contributed by atoms with Crippen LogP contribution in [0, 0.1) is 19.7 Å². The third-order valence-electron chi connectivity index (χ3n) is 5.41. The van der Waals surface area contributed by atoms with Gasteiger partial charge in [-0.25, -0.2) is 4.39 Å². The molecular weight excluding hydrogens is 401 g/mol. The summed E-state index contributed by atoms with van der Waals surface area (Å²) < 4.78 is 13.5. The van der Waals surface area contributed by atoms with Gasteiger partial charge in [0.2, 0.25) is 0 Å². The standard InChI is InChI=1S/C24H20FNO3S/c1-14-5-6-17(12-15(14)2)22(27)20-21(16-7-9-18(25)10-8-16)26(24(29)23(20)28)13-19-4-3-11-30-19/h3-12,21,27H,13H2,1-2H3/b22-20-. The highest BCUT2D eigenvalue weighted by atomic mass is 32.1. The third kappa shape index (κ3) is 3.55. The highest BCUT2D eigenvalue weighted by molar-refractivity contribution is 7.09. The minimum Gasteiger partial charge on any atom is -0.507 e. The summed E-state index contributed by atoms with van der Waals surface area (Å²) >= 11 is 1.48. The summed E-state index contributed by atoms with van der Waals surface area (Å²) in [6, 6.07) is 14.0. The maximum atomic E-state index is 13.5. The third-order valence-corrected chi connectivity index (χ3v) is 6.27. The number of Topliss-reactive ketones (excluding diaryl/α,β-unsaturated/α-hetero) is 1. The molecule has 0 bridgehead atoms. The predicted octanol–water partition coefficient (Wildman–Crippen LogP) is 5.13. The van der Waals surface area contributed by atoms with Crippen molar-refractivity contribution in [1.82, 2.24) is 4.90 Å². The molecule has 0 aliphatic carbocycles. The van der Waals surface area contributed by atoms with E-state index < -0.39 is 23.5 Å². The van der Waals surface area contributed by atoms with Gasteiger partial charge in [0.1, 0.15) is 11.6 Å². The summed E-state index contributed by atoms with van der Waals surface area (Å²) in [4.78, 5) is 28.2. The van der Waals surface area contributed by atoms with E-state index in [0.717, 1.165) is 16.0 Å². The number of carbonyl (C=O) groups is 2. The molecule has 0 spiro atoms. The molecule has 1 fully saturated rings. The number of hydrogen-bond donors (Lipinski definition) is 1. The van der Waals surface area contributed by atoms with Gasteiger partial charge in [-0.1, -0.05) is 30.3 Å². The van der Waals surface area contributed by atoms with E-state index in [2.05, 4.69) is 0 Å². The van der Waals surface area contributed by atoms with Gasteiger partial charge in [-0.3, -0.25) is 9.59 Å². The average Bonchev–Trinajstić information content (AvgIpc) is 3.33. The maximum Gasteiger partial charge on any atom is 0.295 e. The number of carbonyl (C=O) groups excluding carboxylic acids is 2. The van der Waals surface area contributed by atoms with E-state index in [9.17, 15) is 19.1 Å². The first-order valence-corrected chi connectivity index (χ1v) is 10.4. The van der Waals surface area contributed by atoms with Gasteiger partial charge < -0.3 is 10.0 Å². The number of aryl methyl sites for hydroxylation is 2. The number of aliphatic hydroxyl groups excluding tert-OH is 1. The zero-order valence-electron chi connectivity index (χ0n) is 16.6. The van der Waals surface area contributed by atoms with Crippen molar-refractivity contribution in [3.63, 3.8) is 0 Å². The number of benzene rings is 2. The second-order valence-electron chi connectivity index (χ2n) is 7.36. The minimum atomic E-state index is -0.797. The van der Waals surface area contributed by atoms with Gasteiger partial charge in [-0.05, 0) is 60.2 Å². The SMILES string of the molecule is Cc1ccc(/C(O)=C2/C(=O)C(=O)N(Cc3cccs3)C2c2ccc(F)cc2)cc1C. The van der Waals surface area contributed by atoms with Gasteiger partial charge in [0.25, 0.3) is 11.7 Å². The monoisotopic (exact) mass is 421 g/mol. The van der Waals surface area contributed by atoms with E-state index in [1.807, 2.05) is 37.4 Å². The van der Waals surface area contributed by atoms with Crippen LogP contribution in [-0.2, 0) is 16.1 Å². The predicted molar refractivity (Wildman–Crippen MR) is 114 cm³/mol. The zero-order chi connectivity index (χ0) is 21.4. The minimum absolute atomic E-state index is 0.0198. The molecule has 1 aromatic heterocycles. The molecule has 4 rings (SSSR count). The molecule has 1 saturated heterocycles. The summed E-state index contributed by atoms with van der Waals surface area (Å²) in [6.45, 7) is 4.10. The number of nitrogens with zero attached hydrogens (tertiary/aromatic N) is 1. The van der Waals surface area contributed by atoms with Crippen LogP contribution in [0.3, 0.4) is 0 Å². The lowest BCUT2D eigenvalue weighted by Crippen LogP contribution is -2.28. The largest absolute Gasteiger partial charge is 0.507 e. The van der Waals surface area contributed by atoms with Crippen molar-refractivity contribution in [3.8, 4) is 0 Å². The van der Waals surface area contributed by atoms with Crippen molar-refractivity contribution in [1.29, 1.82) is 0 Å². The second-order valence-corrected chi connectivity index (χ2v) is 8.39. The van der Waals surface area contributed by atoms with E-state index >= 15 is 0 Å². The Kier molecular flexibility index (Phi) is 5.26. The summed E-state index contributed by atoms with van der Waals surface area (Å²) in [5, 5.41) is 13.0. The molecule has 1 unspecified atom stereocenters. The van der Waals surface area contributed by atoms with Crippen LogP contribution in [-0.4, -0.2) is 21.7 Å². The fraction of sp³-hybridized carbons (Fsp3) is 0.167. The first-order chi connectivity index (χ1) is 14.4. The van der Waals surface area contributed by atoms with Crippen LogP contribution in [0.5, 0.6) is 0 Å². The highest BCUT2D eigenvalue weighted by Gasteiger charge is 2.46. The molecule has 1 N–H and O–H groups in total. The summed E-state index contributed by atoms with van der Waals surface area (Å²) in [6.07, 6.45) is 0. The Morgan fingerprint density at radius 3 is 2.43 bits per heavy atom. The molecule has 152 valence electrons. The number of amides is 1. The first-order valence-electron chi connectivity index (χ1n) is 9.50. The molecule has 2 aromatic carbocycles. The van der Waals surface area contributed by atoms with Gasteiger partial charge in [0.05, 0.1) is 18.2 Å². The van der Waals surface area contributed by atoms with E-state index in [1.54, 1.807) is 24.3 Å². The number of aliphatic hydroxyl groups is 1. The molecule has 1 aliphatic rings. The quantitative estimate of drug-likeness (QED) is 0.361. The lowest BCUT2D eigenvalue weighted by molar-refractivity contribution is -0.140. The smallest absolute Gasteiger partial charge is 0.295 e. The van der Waals surface area contributed by atoms with Crippen LogP contribution >= 0.6 is 11.3 Å². The lowest BCUT2D eigenvalue weighted by atomic mass is 9.94. The Bertz CT molecular complexity index is 1150. The van der Waals surface area contributed by atoms with E-state index in [-0.39, 0.29) is 17.9 Å². The van der Waals surface area contributed by atoms with Gasteiger partial charge in [-0.2, -0.15) is 0 Å². The summed E-state index contributed by atoms with van der Waals surface area (Å²) in [5.74, 6) is -2.05. The van der Waals surface area contributed by atoms with Crippen molar-refractivity contribution in [2.75, 3.05) is 0 Å². The van der Waals surface area contributed by atoms with Crippen molar-refractivity contribution in [2.24, 2.45) is 0 Å². The Labute approximate surface area is 177 Å². The Hall–Kier alpha value is -3.25. The molecule has 3 aromatic rings. The summed E-state index contributed by atoms with van der Waals surface area (Å²) in [5.41, 5.74) is 3.08. The molecule has 2 heterocycles. The van der Waals surface area contributed by atoms with E-state index in [1.165, 1.54) is 28.4 Å². The van der Waals surface area contributed by atoms with E-state index in [4.69, 9.17) is 0 Å². The molecule has 1 atom stereocenters. The molecule has 1 aliphatic heterocycles. The van der Waals surface area contributed by atoms with Crippen LogP contribution in [0.2, 0.25) is 0 Å². The maximum absolute atomic E-state index is 13.5. The van der Waals surface area contributed by atoms with Crippen LogP contribution in [0.25, 0.3) is 5.76 Å². The number of halogens is 1. The van der Waals surface area contributed by atoms with Crippen LogP contribution in [0.4, 0.5) is 4.39 Å². The van der Waals surface area contributed by atoms with Crippen molar-refractivity contribution in [3.05, 3.63) is 98.5 Å². The van der Waals surface area contributed by atoms with Gasteiger partial charge in [0, 0.05) is 10.4 Å². The molecule has 30 heavy (non-hydrogen) atoms. The molecule has 4 nitrogen and oxygen atoms in total. The number of ketones is 1. The molecule has 1 amide bonds. The van der Waals surface area contributed by atoms with Crippen LogP contribution in [0.1, 0.15) is 33.2 Å². The van der Waals surface area contributed by atoms with Crippen LogP contribution in [0.15, 0.2) is 65.6 Å². The fourth-order valence-electron chi connectivity index (χ4n) is 3.65. The molecular formula is C24H20FNO3S. The van der Waals surface area contributed by atoms with E-state index in [0.29, 0.717) is 11.1 Å². The number of likely N-dealkylation sites (tertiary alicyclic amines) is 1. The second kappa shape index (κ2) is 7.88. The first kappa shape index (κ1) is 20.0. The lowest BCUT2D eigenvalue weighted by Gasteiger charge is -2.25. The highest BCUT2D eigenvalue weighted by Crippen LogP contribution is 2.40. The number of hydrogen-bond acceptors (Lipinski definition) is 4. The Morgan fingerprint density at radius 2 is 1.80 bits per heavy atom. The molecule has 6 heteroatoms. The zero-order valence-corrected chi connectivity index (χ0v) is 17.4. The number of rotatable bonds is 4. The number of thiophene rings is 1. The fourth-order valence-corrected chi connectivity index (χ4v) is 4.35. The van der Waals surface area contributed by atoms with Gasteiger partial charge in [-0.15, -0.1) is 11.3 Å². The molecule has 0 saturated carbocycles. The van der Waals surface area contributed by atoms with Crippen molar-refractivity contribution in [2.45, 2.75) is 26.4 Å². The van der Waals surface area contributed by atoms with Crippen molar-refractivity contribution < 1.29 is 19.1 Å². The Balaban J connectivity index is 1.87. The average molecular weight is 421 g/mol. The van der Waals surface area contributed by atoms with Gasteiger partial charge >= 0.3 is 0 Å². The van der Waals surface area contributed by atoms with Crippen molar-refractivity contribution >= 4 is 28.8 Å². The normalized spacial score (nSPS) is 18.2. The van der Waals surface area contributed by atoms with Gasteiger partial charge in [0.15, 0.2) is 0 Å². The Morgan fingerprint density at radius 1 is 1.07 bits per heavy atom. The van der Waals surface area contributed by atoms with Crippen LogP contribution < -0.4 is 0 Å². The summed E-state index contributed by atoms with van der Waals surface area (Å²) in [7, 11) is 0. The topological polar surface area (TPSA) is 57.6 Å². The molecule has 0 radical (unpaired) electrons.